The fraction of sp³-hybridized carbons (Fsp3) is 0.294. The summed E-state index contributed by atoms with van der Waals surface area (Å²) in [5.74, 6) is -0.608. The highest BCUT2D eigenvalue weighted by Gasteiger charge is 2.36. The first-order valence-electron chi connectivity index (χ1n) is 7.70. The van der Waals surface area contributed by atoms with Gasteiger partial charge in [0.2, 0.25) is 0 Å². The standard InChI is InChI=1S/C17H23N2O3P/c1-3-21-23(20,22-4-2)17(15-11-7-5-8-12-15)19-18-16-13-9-6-10-14-16/h5-14,17-19H,3-4H2,1-2H3. The molecule has 0 amide bonds. The van der Waals surface area contributed by atoms with Crippen LogP contribution in [-0.2, 0) is 13.6 Å². The topological polar surface area (TPSA) is 59.6 Å². The van der Waals surface area contributed by atoms with Gasteiger partial charge in [0.05, 0.1) is 13.2 Å². The number of para-hydroxylation sites is 1. The molecular formula is C17H23N2O3P. The van der Waals surface area contributed by atoms with Crippen molar-refractivity contribution in [2.24, 2.45) is 0 Å². The lowest BCUT2D eigenvalue weighted by Crippen LogP contribution is -2.28. The zero-order valence-electron chi connectivity index (χ0n) is 13.4. The van der Waals surface area contributed by atoms with Crippen LogP contribution in [0, 0.1) is 0 Å². The van der Waals surface area contributed by atoms with Crippen molar-refractivity contribution in [3.63, 3.8) is 0 Å². The summed E-state index contributed by atoms with van der Waals surface area (Å²) in [6.45, 7) is 4.23. The number of hydrogen-bond acceptors (Lipinski definition) is 5. The Morgan fingerprint density at radius 1 is 0.913 bits per heavy atom. The van der Waals surface area contributed by atoms with Crippen LogP contribution in [0.3, 0.4) is 0 Å². The van der Waals surface area contributed by atoms with E-state index in [0.29, 0.717) is 13.2 Å². The fourth-order valence-corrected chi connectivity index (χ4v) is 4.05. The smallest absolute Gasteiger partial charge is 0.320 e. The highest BCUT2D eigenvalue weighted by molar-refractivity contribution is 7.54. The van der Waals surface area contributed by atoms with E-state index in [1.165, 1.54) is 0 Å². The first-order valence-corrected chi connectivity index (χ1v) is 9.31. The van der Waals surface area contributed by atoms with Gasteiger partial charge in [-0.1, -0.05) is 48.5 Å². The molecule has 0 saturated carbocycles. The van der Waals surface area contributed by atoms with Gasteiger partial charge in [-0.2, -0.15) is 0 Å². The molecule has 6 heteroatoms. The van der Waals surface area contributed by atoms with Crippen molar-refractivity contribution < 1.29 is 13.6 Å². The molecule has 0 aliphatic rings. The van der Waals surface area contributed by atoms with E-state index < -0.39 is 13.4 Å². The van der Waals surface area contributed by atoms with Crippen molar-refractivity contribution in [2.45, 2.75) is 19.6 Å². The van der Waals surface area contributed by atoms with E-state index >= 15 is 0 Å². The average Bonchev–Trinajstić information content (AvgIpc) is 2.57. The van der Waals surface area contributed by atoms with Crippen LogP contribution in [0.25, 0.3) is 0 Å². The van der Waals surface area contributed by atoms with Crippen LogP contribution in [-0.4, -0.2) is 13.2 Å². The first-order chi connectivity index (χ1) is 11.2. The Bertz CT molecular complexity index is 612. The molecule has 0 aliphatic heterocycles. The SMILES string of the molecule is CCOP(=O)(OCC)C(NNc1ccccc1)c1ccccc1. The zero-order valence-corrected chi connectivity index (χ0v) is 14.3. The van der Waals surface area contributed by atoms with Crippen LogP contribution in [0.15, 0.2) is 60.7 Å². The minimum absolute atomic E-state index is 0.313. The largest absolute Gasteiger partial charge is 0.353 e. The van der Waals surface area contributed by atoms with E-state index in [1.54, 1.807) is 13.8 Å². The number of anilines is 1. The highest BCUT2D eigenvalue weighted by Crippen LogP contribution is 2.59. The van der Waals surface area contributed by atoms with Crippen LogP contribution in [0.2, 0.25) is 0 Å². The van der Waals surface area contributed by atoms with E-state index in [1.807, 2.05) is 60.7 Å². The Morgan fingerprint density at radius 2 is 1.43 bits per heavy atom. The summed E-state index contributed by atoms with van der Waals surface area (Å²) in [4.78, 5) is 0. The summed E-state index contributed by atoms with van der Waals surface area (Å²) < 4.78 is 24.2. The van der Waals surface area contributed by atoms with E-state index in [9.17, 15) is 4.57 Å². The minimum Gasteiger partial charge on any atom is -0.320 e. The van der Waals surface area contributed by atoms with Crippen molar-refractivity contribution in [3.8, 4) is 0 Å². The molecule has 0 bridgehead atoms. The van der Waals surface area contributed by atoms with E-state index in [2.05, 4.69) is 10.9 Å². The fourth-order valence-electron chi connectivity index (χ4n) is 2.20. The number of benzene rings is 2. The molecule has 1 unspecified atom stereocenters. The van der Waals surface area contributed by atoms with E-state index in [4.69, 9.17) is 9.05 Å². The Hall–Kier alpha value is -1.65. The van der Waals surface area contributed by atoms with Gasteiger partial charge >= 0.3 is 7.60 Å². The summed E-state index contributed by atoms with van der Waals surface area (Å²) in [5, 5.41) is 0. The average molecular weight is 334 g/mol. The van der Waals surface area contributed by atoms with Gasteiger partial charge in [0.15, 0.2) is 5.78 Å². The second-order valence-electron chi connectivity index (χ2n) is 4.82. The molecule has 23 heavy (non-hydrogen) atoms. The maximum atomic E-state index is 13.2. The molecule has 2 rings (SSSR count). The minimum atomic E-state index is -3.36. The normalized spacial score (nSPS) is 12.8. The monoisotopic (exact) mass is 334 g/mol. The lowest BCUT2D eigenvalue weighted by Gasteiger charge is -2.28. The molecule has 0 spiro atoms. The zero-order chi connectivity index (χ0) is 16.5. The molecule has 0 heterocycles. The summed E-state index contributed by atoms with van der Waals surface area (Å²) in [7, 11) is -3.36. The predicted octanol–water partition coefficient (Wildman–Crippen LogP) is 4.57. The number of hydrogen-bond donors (Lipinski definition) is 2. The third kappa shape index (κ3) is 4.91. The Labute approximate surface area is 137 Å². The van der Waals surface area contributed by atoms with Gasteiger partial charge in [-0.25, -0.2) is 5.43 Å². The molecule has 0 aliphatic carbocycles. The third-order valence-electron chi connectivity index (χ3n) is 3.18. The lowest BCUT2D eigenvalue weighted by molar-refractivity contribution is 0.208. The van der Waals surface area contributed by atoms with Crippen molar-refractivity contribution in [2.75, 3.05) is 18.6 Å². The second kappa shape index (κ2) is 8.85. The number of nitrogens with one attached hydrogen (secondary N) is 2. The van der Waals surface area contributed by atoms with Crippen molar-refractivity contribution in [1.29, 1.82) is 0 Å². The highest BCUT2D eigenvalue weighted by atomic mass is 31.2. The molecule has 5 nitrogen and oxygen atoms in total. The van der Waals surface area contributed by atoms with Crippen LogP contribution in [0.5, 0.6) is 0 Å². The second-order valence-corrected chi connectivity index (χ2v) is 6.94. The molecule has 0 saturated heterocycles. The van der Waals surface area contributed by atoms with Crippen molar-refractivity contribution >= 4 is 13.3 Å². The van der Waals surface area contributed by atoms with Crippen molar-refractivity contribution in [3.05, 3.63) is 66.2 Å². The maximum Gasteiger partial charge on any atom is 0.353 e. The Balaban J connectivity index is 2.26. The Morgan fingerprint density at radius 3 is 1.96 bits per heavy atom. The first kappa shape index (κ1) is 17.7. The third-order valence-corrected chi connectivity index (χ3v) is 5.47. The molecule has 0 radical (unpaired) electrons. The van der Waals surface area contributed by atoms with Crippen molar-refractivity contribution in [1.82, 2.24) is 5.43 Å². The molecule has 2 aromatic rings. The molecule has 2 aromatic carbocycles. The lowest BCUT2D eigenvalue weighted by atomic mass is 10.2. The van der Waals surface area contributed by atoms with Crippen LogP contribution in [0.1, 0.15) is 25.2 Å². The van der Waals surface area contributed by atoms with Gasteiger partial charge in [0.25, 0.3) is 0 Å². The molecule has 1 atom stereocenters. The summed E-state index contributed by atoms with van der Waals surface area (Å²) in [5.41, 5.74) is 7.89. The van der Waals surface area contributed by atoms with Gasteiger partial charge < -0.3 is 14.5 Å². The van der Waals surface area contributed by atoms with Gasteiger partial charge in [-0.05, 0) is 31.5 Å². The molecule has 0 fully saturated rings. The quantitative estimate of drug-likeness (QED) is 0.520. The maximum absolute atomic E-state index is 13.2. The summed E-state index contributed by atoms with van der Waals surface area (Å²) >= 11 is 0. The molecule has 0 aromatic heterocycles. The molecule has 124 valence electrons. The number of rotatable bonds is 9. The summed E-state index contributed by atoms with van der Waals surface area (Å²) in [6, 6.07) is 19.1. The molecular weight excluding hydrogens is 311 g/mol. The Kier molecular flexibility index (Phi) is 6.81. The van der Waals surface area contributed by atoms with Crippen LogP contribution < -0.4 is 10.9 Å². The predicted molar refractivity (Wildman–Crippen MR) is 93.2 cm³/mol. The number of hydrazine groups is 1. The van der Waals surface area contributed by atoms with Gasteiger partial charge in [0, 0.05) is 5.69 Å². The molecule has 2 N–H and O–H groups in total. The van der Waals surface area contributed by atoms with Crippen LogP contribution >= 0.6 is 7.60 Å². The van der Waals surface area contributed by atoms with E-state index in [-0.39, 0.29) is 0 Å². The van der Waals surface area contributed by atoms with Crippen LogP contribution in [0.4, 0.5) is 5.69 Å². The van der Waals surface area contributed by atoms with Gasteiger partial charge in [-0.3, -0.25) is 4.57 Å². The van der Waals surface area contributed by atoms with E-state index in [0.717, 1.165) is 11.3 Å². The summed E-state index contributed by atoms with van der Waals surface area (Å²) in [6.07, 6.45) is 0. The van der Waals surface area contributed by atoms with Gasteiger partial charge in [-0.15, -0.1) is 0 Å². The van der Waals surface area contributed by atoms with Gasteiger partial charge in [0.1, 0.15) is 0 Å².